The minimum Gasteiger partial charge on any atom is -0.497 e. The van der Waals surface area contributed by atoms with Crippen molar-refractivity contribution in [3.8, 4) is 22.9 Å². The molecule has 1 aliphatic heterocycles. The Morgan fingerprint density at radius 3 is 2.70 bits per heavy atom. The van der Waals surface area contributed by atoms with Gasteiger partial charge in [-0.25, -0.2) is 0 Å². The summed E-state index contributed by atoms with van der Waals surface area (Å²) in [5.74, 6) is 1.53. The van der Waals surface area contributed by atoms with Crippen molar-refractivity contribution in [3.05, 3.63) is 71.3 Å². The van der Waals surface area contributed by atoms with Gasteiger partial charge in [-0.2, -0.15) is 20.0 Å². The zero-order valence-electron chi connectivity index (χ0n) is 18.7. The zero-order valence-corrected chi connectivity index (χ0v) is 18.7. The zero-order chi connectivity index (χ0) is 22.9. The number of likely N-dealkylation sites (tertiary alicyclic amines) is 1. The molecule has 1 fully saturated rings. The van der Waals surface area contributed by atoms with Gasteiger partial charge >= 0.3 is 0 Å². The van der Waals surface area contributed by atoms with E-state index in [0.717, 1.165) is 35.3 Å². The molecule has 33 heavy (non-hydrogen) atoms. The molecule has 0 unspecified atom stereocenters. The fourth-order valence-corrected chi connectivity index (χ4v) is 4.24. The maximum Gasteiger partial charge on any atom is 0.258 e. The van der Waals surface area contributed by atoms with Crippen LogP contribution in [0.2, 0.25) is 0 Å². The van der Waals surface area contributed by atoms with Gasteiger partial charge in [0.05, 0.1) is 36.8 Å². The predicted octanol–water partition coefficient (Wildman–Crippen LogP) is 3.92. The molecular formula is C24H24N6O3. The normalized spacial score (nSPS) is 15.7. The lowest BCUT2D eigenvalue weighted by Gasteiger charge is -2.23. The molecule has 2 aromatic heterocycles. The van der Waals surface area contributed by atoms with E-state index in [4.69, 9.17) is 9.26 Å². The van der Waals surface area contributed by atoms with Crippen molar-refractivity contribution < 1.29 is 14.1 Å². The minimum atomic E-state index is -0.263. The number of benzene rings is 2. The lowest BCUT2D eigenvalue weighted by atomic mass is 10.1. The molecular weight excluding hydrogens is 420 g/mol. The van der Waals surface area contributed by atoms with E-state index in [1.807, 2.05) is 55.1 Å². The van der Waals surface area contributed by atoms with Crippen LogP contribution in [-0.4, -0.2) is 49.6 Å². The molecule has 4 aromatic rings. The van der Waals surface area contributed by atoms with E-state index >= 15 is 0 Å². The van der Waals surface area contributed by atoms with Gasteiger partial charge in [-0.15, -0.1) is 0 Å². The summed E-state index contributed by atoms with van der Waals surface area (Å²) in [6.07, 6.45) is 4.82. The summed E-state index contributed by atoms with van der Waals surface area (Å²) in [7, 11) is 1.62. The van der Waals surface area contributed by atoms with Crippen molar-refractivity contribution in [2.24, 2.45) is 0 Å². The summed E-state index contributed by atoms with van der Waals surface area (Å²) < 4.78 is 10.9. The van der Waals surface area contributed by atoms with Crippen LogP contribution < -0.4 is 4.74 Å². The largest absolute Gasteiger partial charge is 0.497 e. The van der Waals surface area contributed by atoms with E-state index in [9.17, 15) is 4.79 Å². The third-order valence-electron chi connectivity index (χ3n) is 5.80. The van der Waals surface area contributed by atoms with Crippen LogP contribution in [-0.2, 0) is 0 Å². The number of nitrogens with zero attached hydrogens (tertiary/aromatic N) is 6. The molecule has 1 amide bonds. The summed E-state index contributed by atoms with van der Waals surface area (Å²) in [5.41, 5.74) is 4.02. The Hall–Kier alpha value is -4.01. The van der Waals surface area contributed by atoms with Gasteiger partial charge in [0.15, 0.2) is 5.82 Å². The molecule has 0 bridgehead atoms. The van der Waals surface area contributed by atoms with E-state index in [1.165, 1.54) is 4.80 Å². The highest BCUT2D eigenvalue weighted by atomic mass is 16.5. The van der Waals surface area contributed by atoms with Crippen LogP contribution in [0, 0.1) is 13.8 Å². The van der Waals surface area contributed by atoms with E-state index in [1.54, 1.807) is 19.5 Å². The molecule has 1 saturated heterocycles. The van der Waals surface area contributed by atoms with Gasteiger partial charge < -0.3 is 14.2 Å². The van der Waals surface area contributed by atoms with Crippen molar-refractivity contribution in [2.75, 3.05) is 13.7 Å². The molecule has 0 spiro atoms. The number of carbonyl (C=O) groups is 1. The average Bonchev–Trinajstić information content (AvgIpc) is 3.59. The Balaban J connectivity index is 1.46. The Morgan fingerprint density at radius 1 is 1.09 bits per heavy atom. The van der Waals surface area contributed by atoms with Crippen LogP contribution in [0.15, 0.2) is 53.3 Å². The molecule has 1 aliphatic rings. The molecule has 9 nitrogen and oxygen atoms in total. The summed E-state index contributed by atoms with van der Waals surface area (Å²) in [6.45, 7) is 4.57. The Kier molecular flexibility index (Phi) is 5.37. The summed E-state index contributed by atoms with van der Waals surface area (Å²) in [6, 6.07) is 11.2. The average molecular weight is 444 g/mol. The number of aryl methyl sites for hydroxylation is 2. The molecule has 0 radical (unpaired) electrons. The number of ether oxygens (including phenoxy) is 1. The van der Waals surface area contributed by atoms with Crippen molar-refractivity contribution in [1.29, 1.82) is 0 Å². The van der Waals surface area contributed by atoms with Crippen LogP contribution >= 0.6 is 0 Å². The lowest BCUT2D eigenvalue weighted by molar-refractivity contribution is 0.0728. The highest BCUT2D eigenvalue weighted by Crippen LogP contribution is 2.34. The first-order valence-electron chi connectivity index (χ1n) is 10.8. The van der Waals surface area contributed by atoms with Gasteiger partial charge in [0, 0.05) is 12.1 Å². The Morgan fingerprint density at radius 2 is 1.91 bits per heavy atom. The van der Waals surface area contributed by atoms with E-state index in [2.05, 4.69) is 20.3 Å². The quantitative estimate of drug-likeness (QED) is 0.460. The van der Waals surface area contributed by atoms with Crippen LogP contribution in [0.5, 0.6) is 5.75 Å². The Labute approximate surface area is 191 Å². The van der Waals surface area contributed by atoms with Crippen molar-refractivity contribution in [1.82, 2.24) is 30.0 Å². The van der Waals surface area contributed by atoms with Gasteiger partial charge in [0.1, 0.15) is 5.75 Å². The minimum absolute atomic E-state index is 0.103. The third-order valence-corrected chi connectivity index (χ3v) is 5.80. The number of methoxy groups -OCH3 is 1. The second-order valence-electron chi connectivity index (χ2n) is 8.19. The van der Waals surface area contributed by atoms with Gasteiger partial charge in [-0.1, -0.05) is 11.2 Å². The van der Waals surface area contributed by atoms with Gasteiger partial charge in [-0.05, 0) is 68.1 Å². The number of aromatic nitrogens is 5. The van der Waals surface area contributed by atoms with Crippen LogP contribution in [0.1, 0.15) is 46.2 Å². The van der Waals surface area contributed by atoms with Crippen LogP contribution in [0.4, 0.5) is 0 Å². The first-order valence-corrected chi connectivity index (χ1v) is 10.8. The molecule has 168 valence electrons. The summed E-state index contributed by atoms with van der Waals surface area (Å²) in [5, 5.41) is 12.7. The monoisotopic (exact) mass is 444 g/mol. The van der Waals surface area contributed by atoms with Crippen molar-refractivity contribution in [3.63, 3.8) is 0 Å². The summed E-state index contributed by atoms with van der Waals surface area (Å²) in [4.78, 5) is 21.5. The second-order valence-corrected chi connectivity index (χ2v) is 8.19. The standard InChI is InChI=1S/C24H24N6O3/c1-15-6-7-19(21(13-15)30-25-8-9-26-30)24(31)29-10-4-5-20(29)22-27-23(33-28-22)17-11-16(2)12-18(14-17)32-3/h6-9,11-14,20H,4-5,10H2,1-3H3/t20-/m0/s1. The SMILES string of the molecule is COc1cc(C)cc(-c2nc([C@@H]3CCCN3C(=O)c3ccc(C)cc3-n3nccn3)no2)c1. The maximum atomic E-state index is 13.6. The Bertz CT molecular complexity index is 1300. The maximum absolute atomic E-state index is 13.6. The molecule has 9 heteroatoms. The molecule has 0 saturated carbocycles. The molecule has 5 rings (SSSR count). The highest BCUT2D eigenvalue weighted by Gasteiger charge is 2.35. The first-order chi connectivity index (χ1) is 16.0. The van der Waals surface area contributed by atoms with E-state index in [0.29, 0.717) is 29.5 Å². The van der Waals surface area contributed by atoms with Gasteiger partial charge in [-0.3, -0.25) is 4.79 Å². The topological polar surface area (TPSA) is 99.2 Å². The van der Waals surface area contributed by atoms with E-state index < -0.39 is 0 Å². The number of hydrogen-bond donors (Lipinski definition) is 0. The molecule has 0 N–H and O–H groups in total. The number of rotatable bonds is 5. The van der Waals surface area contributed by atoms with Crippen molar-refractivity contribution >= 4 is 5.91 Å². The predicted molar refractivity (Wildman–Crippen MR) is 120 cm³/mol. The highest BCUT2D eigenvalue weighted by molar-refractivity contribution is 5.98. The first kappa shape index (κ1) is 20.9. The molecule has 3 heterocycles. The number of carbonyl (C=O) groups excluding carboxylic acids is 1. The fourth-order valence-electron chi connectivity index (χ4n) is 4.24. The molecule has 1 atom stereocenters. The number of hydrogen-bond acceptors (Lipinski definition) is 7. The second kappa shape index (κ2) is 8.50. The summed E-state index contributed by atoms with van der Waals surface area (Å²) >= 11 is 0. The van der Waals surface area contributed by atoms with E-state index in [-0.39, 0.29) is 11.9 Å². The molecule has 2 aromatic carbocycles. The molecule has 0 aliphatic carbocycles. The lowest BCUT2D eigenvalue weighted by Crippen LogP contribution is -2.32. The van der Waals surface area contributed by atoms with Gasteiger partial charge in [0.25, 0.3) is 11.8 Å². The smallest absolute Gasteiger partial charge is 0.258 e. The van der Waals surface area contributed by atoms with Crippen molar-refractivity contribution in [2.45, 2.75) is 32.7 Å². The fraction of sp³-hybridized carbons (Fsp3) is 0.292. The third kappa shape index (κ3) is 3.97. The van der Waals surface area contributed by atoms with Crippen LogP contribution in [0.3, 0.4) is 0 Å². The number of amides is 1. The van der Waals surface area contributed by atoms with Gasteiger partial charge in [0.2, 0.25) is 0 Å². The van der Waals surface area contributed by atoms with Crippen LogP contribution in [0.25, 0.3) is 17.1 Å².